The van der Waals surface area contributed by atoms with Gasteiger partial charge in [0.1, 0.15) is 0 Å². The molecule has 0 aromatic heterocycles. The number of Topliss-reactive ketones (excluding diaryl/α,β-unsaturated/α-hetero) is 1. The van der Waals surface area contributed by atoms with E-state index in [0.717, 1.165) is 24.2 Å². The van der Waals surface area contributed by atoms with Crippen LogP contribution >= 0.6 is 0 Å². The fourth-order valence-electron chi connectivity index (χ4n) is 2.15. The Labute approximate surface area is 119 Å². The summed E-state index contributed by atoms with van der Waals surface area (Å²) in [6.07, 6.45) is 2.24. The van der Waals surface area contributed by atoms with Gasteiger partial charge in [0, 0.05) is 22.6 Å². The van der Waals surface area contributed by atoms with Crippen LogP contribution in [0.1, 0.15) is 36.2 Å². The van der Waals surface area contributed by atoms with E-state index in [1.807, 2.05) is 6.07 Å². The molecule has 0 radical (unpaired) electrons. The van der Waals surface area contributed by atoms with Gasteiger partial charge < -0.3 is 11.1 Å². The zero-order valence-corrected chi connectivity index (χ0v) is 11.9. The van der Waals surface area contributed by atoms with Crippen molar-refractivity contribution in [1.82, 2.24) is 0 Å². The number of benzene rings is 2. The van der Waals surface area contributed by atoms with Crippen LogP contribution < -0.4 is 11.1 Å². The fraction of sp³-hybridized carbons (Fsp3) is 0.235. The average Bonchev–Trinajstić information content (AvgIpc) is 2.43. The van der Waals surface area contributed by atoms with Crippen LogP contribution in [0.2, 0.25) is 0 Å². The van der Waals surface area contributed by atoms with Gasteiger partial charge in [0.15, 0.2) is 5.78 Å². The molecule has 0 heterocycles. The second-order valence-electron chi connectivity index (χ2n) is 4.93. The molecule has 0 aliphatic carbocycles. The van der Waals surface area contributed by atoms with Crippen LogP contribution in [0.15, 0.2) is 42.5 Å². The minimum absolute atomic E-state index is 0.0237. The van der Waals surface area contributed by atoms with Crippen molar-refractivity contribution in [2.24, 2.45) is 0 Å². The standard InChI is InChI=1S/C17H20N2O/c1-3-4-13-5-7-14(8-6-13)19-15-9-10-17(18)16(11-15)12(2)20/h5-11,19H,3-4,18H2,1-2H3. The number of aryl methyl sites for hydroxylation is 1. The smallest absolute Gasteiger partial charge is 0.161 e. The normalized spacial score (nSPS) is 10.3. The van der Waals surface area contributed by atoms with E-state index >= 15 is 0 Å². The molecule has 3 N–H and O–H groups in total. The summed E-state index contributed by atoms with van der Waals surface area (Å²) < 4.78 is 0. The molecular weight excluding hydrogens is 248 g/mol. The predicted octanol–water partition coefficient (Wildman–Crippen LogP) is 4.17. The Morgan fingerprint density at radius 3 is 2.35 bits per heavy atom. The van der Waals surface area contributed by atoms with Crippen molar-refractivity contribution in [3.63, 3.8) is 0 Å². The summed E-state index contributed by atoms with van der Waals surface area (Å²) >= 11 is 0. The van der Waals surface area contributed by atoms with E-state index < -0.39 is 0 Å². The molecule has 20 heavy (non-hydrogen) atoms. The van der Waals surface area contributed by atoms with Gasteiger partial charge in [0.2, 0.25) is 0 Å². The zero-order chi connectivity index (χ0) is 14.5. The monoisotopic (exact) mass is 268 g/mol. The summed E-state index contributed by atoms with van der Waals surface area (Å²) in [6, 6.07) is 13.8. The lowest BCUT2D eigenvalue weighted by molar-refractivity contribution is 0.101. The molecule has 3 nitrogen and oxygen atoms in total. The lowest BCUT2D eigenvalue weighted by atomic mass is 10.1. The molecule has 0 spiro atoms. The van der Waals surface area contributed by atoms with Crippen molar-refractivity contribution in [1.29, 1.82) is 0 Å². The number of carbonyl (C=O) groups is 1. The third-order valence-electron chi connectivity index (χ3n) is 3.21. The third kappa shape index (κ3) is 3.38. The van der Waals surface area contributed by atoms with E-state index in [-0.39, 0.29) is 5.78 Å². The SMILES string of the molecule is CCCc1ccc(Nc2ccc(N)c(C(C)=O)c2)cc1. The van der Waals surface area contributed by atoms with E-state index in [2.05, 4.69) is 36.5 Å². The molecular formula is C17H20N2O. The van der Waals surface area contributed by atoms with Gasteiger partial charge in [-0.05, 0) is 49.2 Å². The first-order valence-electron chi connectivity index (χ1n) is 6.86. The number of nitrogen functional groups attached to an aromatic ring is 1. The predicted molar refractivity (Wildman–Crippen MR) is 84.6 cm³/mol. The van der Waals surface area contributed by atoms with Gasteiger partial charge in [0.25, 0.3) is 0 Å². The highest BCUT2D eigenvalue weighted by Gasteiger charge is 2.06. The Morgan fingerprint density at radius 1 is 1.10 bits per heavy atom. The Bertz CT molecular complexity index is 603. The maximum atomic E-state index is 11.5. The summed E-state index contributed by atoms with van der Waals surface area (Å²) in [5, 5.41) is 3.29. The van der Waals surface area contributed by atoms with Gasteiger partial charge >= 0.3 is 0 Å². The molecule has 3 heteroatoms. The number of rotatable bonds is 5. The highest BCUT2D eigenvalue weighted by molar-refractivity contribution is 6.00. The van der Waals surface area contributed by atoms with Crippen molar-refractivity contribution < 1.29 is 4.79 Å². The first-order valence-corrected chi connectivity index (χ1v) is 6.86. The second-order valence-corrected chi connectivity index (χ2v) is 4.93. The summed E-state index contributed by atoms with van der Waals surface area (Å²) in [4.78, 5) is 11.5. The molecule has 0 fully saturated rings. The number of anilines is 3. The van der Waals surface area contributed by atoms with Crippen LogP contribution in [-0.4, -0.2) is 5.78 Å². The summed E-state index contributed by atoms with van der Waals surface area (Å²) in [5.41, 5.74) is 10.1. The molecule has 0 bridgehead atoms. The van der Waals surface area contributed by atoms with E-state index in [1.54, 1.807) is 12.1 Å². The van der Waals surface area contributed by atoms with E-state index in [0.29, 0.717) is 11.3 Å². The first-order chi connectivity index (χ1) is 9.60. The Balaban J connectivity index is 2.17. The molecule has 2 rings (SSSR count). The minimum atomic E-state index is -0.0237. The van der Waals surface area contributed by atoms with Crippen molar-refractivity contribution >= 4 is 22.8 Å². The van der Waals surface area contributed by atoms with Gasteiger partial charge in [-0.1, -0.05) is 25.5 Å². The van der Waals surface area contributed by atoms with E-state index in [1.165, 1.54) is 12.5 Å². The molecule has 0 saturated heterocycles. The lowest BCUT2D eigenvalue weighted by Crippen LogP contribution is -2.01. The highest BCUT2D eigenvalue weighted by atomic mass is 16.1. The van der Waals surface area contributed by atoms with Crippen molar-refractivity contribution in [2.45, 2.75) is 26.7 Å². The molecule has 0 amide bonds. The molecule has 2 aromatic rings. The molecule has 2 aromatic carbocycles. The van der Waals surface area contributed by atoms with Crippen LogP contribution in [0.3, 0.4) is 0 Å². The minimum Gasteiger partial charge on any atom is -0.398 e. The lowest BCUT2D eigenvalue weighted by Gasteiger charge is -2.10. The Kier molecular flexibility index (Phi) is 4.41. The maximum absolute atomic E-state index is 11.5. The van der Waals surface area contributed by atoms with Gasteiger partial charge in [-0.2, -0.15) is 0 Å². The Morgan fingerprint density at radius 2 is 1.75 bits per heavy atom. The van der Waals surface area contributed by atoms with E-state index in [9.17, 15) is 4.79 Å². The zero-order valence-electron chi connectivity index (χ0n) is 11.9. The third-order valence-corrected chi connectivity index (χ3v) is 3.21. The van der Waals surface area contributed by atoms with E-state index in [4.69, 9.17) is 5.73 Å². The molecule has 104 valence electrons. The number of ketones is 1. The van der Waals surface area contributed by atoms with Gasteiger partial charge in [-0.3, -0.25) is 4.79 Å². The van der Waals surface area contributed by atoms with Crippen molar-refractivity contribution in [2.75, 3.05) is 11.1 Å². The van der Waals surface area contributed by atoms with Crippen LogP contribution in [0, 0.1) is 0 Å². The second kappa shape index (κ2) is 6.24. The van der Waals surface area contributed by atoms with Crippen LogP contribution in [0.5, 0.6) is 0 Å². The average molecular weight is 268 g/mol. The molecule has 0 unspecified atom stereocenters. The highest BCUT2D eigenvalue weighted by Crippen LogP contribution is 2.22. The van der Waals surface area contributed by atoms with Crippen molar-refractivity contribution in [3.05, 3.63) is 53.6 Å². The van der Waals surface area contributed by atoms with Crippen molar-refractivity contribution in [3.8, 4) is 0 Å². The number of nitrogens with one attached hydrogen (secondary N) is 1. The number of carbonyl (C=O) groups excluding carboxylic acids is 1. The van der Waals surface area contributed by atoms with Gasteiger partial charge in [0.05, 0.1) is 0 Å². The van der Waals surface area contributed by atoms with Crippen LogP contribution in [-0.2, 0) is 6.42 Å². The van der Waals surface area contributed by atoms with Gasteiger partial charge in [-0.15, -0.1) is 0 Å². The number of hydrogen-bond acceptors (Lipinski definition) is 3. The molecule has 0 saturated carbocycles. The summed E-state index contributed by atoms with van der Waals surface area (Å²) in [7, 11) is 0. The number of nitrogens with two attached hydrogens (primary N) is 1. The maximum Gasteiger partial charge on any atom is 0.161 e. The largest absolute Gasteiger partial charge is 0.398 e. The summed E-state index contributed by atoms with van der Waals surface area (Å²) in [6.45, 7) is 3.69. The molecule has 0 aliphatic heterocycles. The topological polar surface area (TPSA) is 55.1 Å². The fourth-order valence-corrected chi connectivity index (χ4v) is 2.15. The number of hydrogen-bond donors (Lipinski definition) is 2. The first kappa shape index (κ1) is 14.1. The quantitative estimate of drug-likeness (QED) is 0.632. The summed E-state index contributed by atoms with van der Waals surface area (Å²) in [5.74, 6) is -0.0237. The van der Waals surface area contributed by atoms with Crippen LogP contribution in [0.25, 0.3) is 0 Å². The molecule has 0 aliphatic rings. The molecule has 0 atom stereocenters. The van der Waals surface area contributed by atoms with Gasteiger partial charge in [-0.25, -0.2) is 0 Å². The Hall–Kier alpha value is -2.29. The van der Waals surface area contributed by atoms with Crippen LogP contribution in [0.4, 0.5) is 17.1 Å².